The molecule has 0 spiro atoms. The molecule has 27 heavy (non-hydrogen) atoms. The van der Waals surface area contributed by atoms with Crippen molar-refractivity contribution in [3.8, 4) is 11.5 Å². The molecule has 0 bridgehead atoms. The van der Waals surface area contributed by atoms with Crippen LogP contribution in [0.25, 0.3) is 0 Å². The van der Waals surface area contributed by atoms with E-state index >= 15 is 0 Å². The first-order valence-electron chi connectivity index (χ1n) is 9.69. The fraction of sp³-hybridized carbons (Fsp3) is 0.409. The molecule has 5 heteroatoms. The lowest BCUT2D eigenvalue weighted by Crippen LogP contribution is -2.46. The van der Waals surface area contributed by atoms with Crippen molar-refractivity contribution in [1.82, 2.24) is 9.80 Å². The molecule has 1 fully saturated rings. The Kier molecular flexibility index (Phi) is 5.70. The van der Waals surface area contributed by atoms with Crippen molar-refractivity contribution >= 4 is 5.78 Å². The van der Waals surface area contributed by atoms with E-state index in [0.717, 1.165) is 45.0 Å². The van der Waals surface area contributed by atoms with Gasteiger partial charge in [0, 0.05) is 51.3 Å². The zero-order chi connectivity index (χ0) is 18.5. The lowest BCUT2D eigenvalue weighted by molar-refractivity contribution is 0.0921. The predicted molar refractivity (Wildman–Crippen MR) is 105 cm³/mol. The molecule has 0 aromatic heterocycles. The summed E-state index contributed by atoms with van der Waals surface area (Å²) in [5.41, 5.74) is 2.07. The Balaban J connectivity index is 1.23. The topological polar surface area (TPSA) is 42.0 Å². The van der Waals surface area contributed by atoms with Gasteiger partial charge in [-0.25, -0.2) is 0 Å². The van der Waals surface area contributed by atoms with Gasteiger partial charge in [0.15, 0.2) is 17.3 Å². The number of benzene rings is 2. The quantitative estimate of drug-likeness (QED) is 0.736. The number of Topliss-reactive ketones (excluding diaryl/α,β-unsaturated/α-hetero) is 1. The van der Waals surface area contributed by atoms with E-state index < -0.39 is 0 Å². The SMILES string of the molecule is O=C(CCN1CCN(Cc2ccccc2)CC1)c1ccc2c(c1)OCCO2. The third-order valence-corrected chi connectivity index (χ3v) is 5.23. The Morgan fingerprint density at radius 2 is 1.56 bits per heavy atom. The average Bonchev–Trinajstić information content (AvgIpc) is 2.73. The molecule has 2 aliphatic rings. The summed E-state index contributed by atoms with van der Waals surface area (Å²) in [7, 11) is 0. The summed E-state index contributed by atoms with van der Waals surface area (Å²) in [5, 5.41) is 0. The highest BCUT2D eigenvalue weighted by atomic mass is 16.6. The van der Waals surface area contributed by atoms with Crippen LogP contribution < -0.4 is 9.47 Å². The first kappa shape index (κ1) is 18.0. The fourth-order valence-electron chi connectivity index (χ4n) is 3.63. The molecule has 2 aromatic carbocycles. The normalized spacial score (nSPS) is 17.6. The van der Waals surface area contributed by atoms with E-state index in [-0.39, 0.29) is 5.78 Å². The van der Waals surface area contributed by atoms with E-state index in [1.165, 1.54) is 5.56 Å². The number of ketones is 1. The summed E-state index contributed by atoms with van der Waals surface area (Å²) < 4.78 is 11.1. The van der Waals surface area contributed by atoms with Gasteiger partial charge in [-0.3, -0.25) is 9.69 Å². The first-order chi connectivity index (χ1) is 13.3. The van der Waals surface area contributed by atoms with Gasteiger partial charge in [-0.1, -0.05) is 30.3 Å². The van der Waals surface area contributed by atoms with E-state index in [4.69, 9.17) is 9.47 Å². The molecular formula is C22H26N2O3. The number of hydrogen-bond acceptors (Lipinski definition) is 5. The van der Waals surface area contributed by atoms with Crippen LogP contribution in [0.1, 0.15) is 22.3 Å². The van der Waals surface area contributed by atoms with E-state index in [2.05, 4.69) is 40.1 Å². The van der Waals surface area contributed by atoms with Gasteiger partial charge in [-0.2, -0.15) is 0 Å². The molecule has 0 unspecified atom stereocenters. The number of carbonyl (C=O) groups is 1. The van der Waals surface area contributed by atoms with Crippen molar-refractivity contribution in [1.29, 1.82) is 0 Å². The molecule has 0 N–H and O–H groups in total. The van der Waals surface area contributed by atoms with Crippen molar-refractivity contribution < 1.29 is 14.3 Å². The Morgan fingerprint density at radius 1 is 0.852 bits per heavy atom. The second kappa shape index (κ2) is 8.55. The molecule has 1 saturated heterocycles. The zero-order valence-corrected chi connectivity index (χ0v) is 15.6. The number of ether oxygens (including phenoxy) is 2. The fourth-order valence-corrected chi connectivity index (χ4v) is 3.63. The minimum Gasteiger partial charge on any atom is -0.486 e. The molecule has 0 saturated carbocycles. The third kappa shape index (κ3) is 4.67. The van der Waals surface area contributed by atoms with E-state index in [1.807, 2.05) is 18.2 Å². The summed E-state index contributed by atoms with van der Waals surface area (Å²) >= 11 is 0. The number of piperazine rings is 1. The molecule has 142 valence electrons. The number of nitrogens with zero attached hydrogens (tertiary/aromatic N) is 2. The minimum absolute atomic E-state index is 0.165. The van der Waals surface area contributed by atoms with Crippen LogP contribution in [-0.2, 0) is 6.54 Å². The maximum absolute atomic E-state index is 12.5. The summed E-state index contributed by atoms with van der Waals surface area (Å²) in [4.78, 5) is 17.4. The van der Waals surface area contributed by atoms with Crippen LogP contribution in [0.15, 0.2) is 48.5 Å². The molecule has 2 aromatic rings. The number of carbonyl (C=O) groups excluding carboxylic acids is 1. The van der Waals surface area contributed by atoms with Gasteiger partial charge in [0.25, 0.3) is 0 Å². The molecule has 5 nitrogen and oxygen atoms in total. The first-order valence-corrected chi connectivity index (χ1v) is 9.69. The predicted octanol–water partition coefficient (Wildman–Crippen LogP) is 2.85. The van der Waals surface area contributed by atoms with Crippen LogP contribution in [0, 0.1) is 0 Å². The minimum atomic E-state index is 0.165. The molecule has 0 radical (unpaired) electrons. The van der Waals surface area contributed by atoms with Crippen LogP contribution in [0.5, 0.6) is 11.5 Å². The van der Waals surface area contributed by atoms with Crippen LogP contribution in [-0.4, -0.2) is 61.5 Å². The zero-order valence-electron chi connectivity index (χ0n) is 15.6. The smallest absolute Gasteiger partial charge is 0.164 e. The maximum atomic E-state index is 12.5. The van der Waals surface area contributed by atoms with Crippen LogP contribution in [0.2, 0.25) is 0 Å². The number of fused-ring (bicyclic) bond motifs is 1. The molecule has 0 amide bonds. The van der Waals surface area contributed by atoms with Gasteiger partial charge in [0.05, 0.1) is 0 Å². The molecule has 2 aliphatic heterocycles. The Morgan fingerprint density at radius 3 is 2.33 bits per heavy atom. The van der Waals surface area contributed by atoms with E-state index in [9.17, 15) is 4.79 Å². The lowest BCUT2D eigenvalue weighted by atomic mass is 10.1. The van der Waals surface area contributed by atoms with Gasteiger partial charge in [0.1, 0.15) is 13.2 Å². The molecule has 0 aliphatic carbocycles. The van der Waals surface area contributed by atoms with Crippen molar-refractivity contribution in [3.05, 3.63) is 59.7 Å². The summed E-state index contributed by atoms with van der Waals surface area (Å²) in [6.07, 6.45) is 0.540. The van der Waals surface area contributed by atoms with Gasteiger partial charge >= 0.3 is 0 Å². The van der Waals surface area contributed by atoms with Gasteiger partial charge in [-0.15, -0.1) is 0 Å². The third-order valence-electron chi connectivity index (χ3n) is 5.23. The summed E-state index contributed by atoms with van der Waals surface area (Å²) in [6.45, 7) is 7.05. The van der Waals surface area contributed by atoms with Crippen LogP contribution in [0.3, 0.4) is 0 Å². The van der Waals surface area contributed by atoms with Crippen molar-refractivity contribution in [2.24, 2.45) is 0 Å². The van der Waals surface area contributed by atoms with Crippen molar-refractivity contribution in [3.63, 3.8) is 0 Å². The van der Waals surface area contributed by atoms with Crippen molar-refractivity contribution in [2.45, 2.75) is 13.0 Å². The van der Waals surface area contributed by atoms with Gasteiger partial charge in [0.2, 0.25) is 0 Å². The second-order valence-electron chi connectivity index (χ2n) is 7.14. The molecule has 2 heterocycles. The molecular weight excluding hydrogens is 340 g/mol. The van der Waals surface area contributed by atoms with Crippen molar-refractivity contribution in [2.75, 3.05) is 45.9 Å². The monoisotopic (exact) mass is 366 g/mol. The van der Waals surface area contributed by atoms with Crippen LogP contribution >= 0.6 is 0 Å². The summed E-state index contributed by atoms with van der Waals surface area (Å²) in [5.74, 6) is 1.58. The van der Waals surface area contributed by atoms with Gasteiger partial charge in [-0.05, 0) is 23.8 Å². The largest absolute Gasteiger partial charge is 0.486 e. The van der Waals surface area contributed by atoms with Gasteiger partial charge < -0.3 is 14.4 Å². The molecule has 0 atom stereocenters. The molecule has 4 rings (SSSR count). The maximum Gasteiger partial charge on any atom is 0.164 e. The second-order valence-corrected chi connectivity index (χ2v) is 7.14. The standard InChI is InChI=1S/C22H26N2O3/c25-20(19-6-7-21-22(16-19)27-15-14-26-21)8-9-23-10-12-24(13-11-23)17-18-4-2-1-3-5-18/h1-7,16H,8-15,17H2. The summed E-state index contributed by atoms with van der Waals surface area (Å²) in [6, 6.07) is 16.1. The number of hydrogen-bond donors (Lipinski definition) is 0. The Bertz CT molecular complexity index is 770. The highest BCUT2D eigenvalue weighted by Crippen LogP contribution is 2.31. The number of rotatable bonds is 6. The Labute approximate surface area is 160 Å². The van der Waals surface area contributed by atoms with Crippen LogP contribution in [0.4, 0.5) is 0 Å². The Hall–Kier alpha value is -2.37. The lowest BCUT2D eigenvalue weighted by Gasteiger charge is -2.34. The van der Waals surface area contributed by atoms with E-state index in [1.54, 1.807) is 0 Å². The van der Waals surface area contributed by atoms with E-state index in [0.29, 0.717) is 30.9 Å². The highest BCUT2D eigenvalue weighted by molar-refractivity contribution is 5.96. The highest BCUT2D eigenvalue weighted by Gasteiger charge is 2.19. The average molecular weight is 366 g/mol.